The minimum atomic E-state index is -2.94. The average Bonchev–Trinajstić information content (AvgIpc) is 2.99. The largest absolute Gasteiger partial charge is 0.564 e. The maximum absolute atomic E-state index is 7.41. The first-order chi connectivity index (χ1) is 13.9. The van der Waals surface area contributed by atoms with Gasteiger partial charge >= 0.3 is 9.39 Å². The van der Waals surface area contributed by atoms with E-state index in [2.05, 4.69) is 93.0 Å². The van der Waals surface area contributed by atoms with Crippen molar-refractivity contribution in [3.05, 3.63) is 71.8 Å². The zero-order valence-electron chi connectivity index (χ0n) is 17.7. The molecule has 2 aromatic rings. The van der Waals surface area contributed by atoms with Gasteiger partial charge in [0, 0.05) is 23.2 Å². The number of nitrogens with zero attached hydrogens (tertiary/aromatic N) is 1. The van der Waals surface area contributed by atoms with E-state index in [-0.39, 0.29) is 0 Å². The zero-order valence-corrected chi connectivity index (χ0v) is 23.5. The highest BCUT2D eigenvalue weighted by atomic mass is 35.9. The first-order valence-electron chi connectivity index (χ1n) is 9.98. The number of benzene rings is 2. The summed E-state index contributed by atoms with van der Waals surface area (Å²) in [5.41, 5.74) is 5.50. The summed E-state index contributed by atoms with van der Waals surface area (Å²) in [4.78, 5) is 0. The predicted molar refractivity (Wildman–Crippen MR) is 143 cm³/mol. The highest BCUT2D eigenvalue weighted by molar-refractivity contribution is 7.98. The van der Waals surface area contributed by atoms with Gasteiger partial charge < -0.3 is 40.2 Å². The molecule has 0 radical (unpaired) electrons. The summed E-state index contributed by atoms with van der Waals surface area (Å²) < 4.78 is 2.58. The van der Waals surface area contributed by atoms with Gasteiger partial charge in [0.1, 0.15) is 23.6 Å². The second-order valence-electron chi connectivity index (χ2n) is 7.89. The van der Waals surface area contributed by atoms with Crippen LogP contribution in [-0.2, 0) is 0 Å². The minimum absolute atomic E-state index is 0.456. The zero-order chi connectivity index (χ0) is 22.5. The number of hydrogen-bond donors (Lipinski definition) is 0. The second kappa shape index (κ2) is 11.6. The lowest BCUT2D eigenvalue weighted by Crippen LogP contribution is -2.36. The van der Waals surface area contributed by atoms with Crippen molar-refractivity contribution in [3.63, 3.8) is 0 Å². The molecule has 3 rings (SSSR count). The van der Waals surface area contributed by atoms with Gasteiger partial charge in [-0.05, 0) is 38.8 Å². The third-order valence-electron chi connectivity index (χ3n) is 4.88. The van der Waals surface area contributed by atoms with Gasteiger partial charge in [-0.3, -0.25) is 0 Å². The lowest BCUT2D eigenvalue weighted by Gasteiger charge is -2.34. The Hall–Kier alpha value is 0.552. The van der Waals surface area contributed by atoms with Crippen molar-refractivity contribution in [1.29, 1.82) is 0 Å². The highest BCUT2D eigenvalue weighted by Crippen LogP contribution is 2.75. The van der Waals surface area contributed by atoms with Crippen molar-refractivity contribution < 1.29 is 0 Å². The Kier molecular flexibility index (Phi) is 10.4. The van der Waals surface area contributed by atoms with Crippen molar-refractivity contribution in [2.24, 2.45) is 0 Å². The van der Waals surface area contributed by atoms with Crippen LogP contribution in [0.15, 0.2) is 60.7 Å². The number of hydrogen-bond acceptors (Lipinski definition) is 1. The fraction of sp³-hybridized carbons (Fsp3) is 0.364. The lowest BCUT2D eigenvalue weighted by atomic mass is 9.97. The summed E-state index contributed by atoms with van der Waals surface area (Å²) in [5.74, 6) is 0. The quantitative estimate of drug-likeness (QED) is 0.269. The van der Waals surface area contributed by atoms with Gasteiger partial charge in [0.05, 0.1) is 0 Å². The minimum Gasteiger partial charge on any atom is -0.391 e. The molecule has 1 aliphatic heterocycles. The van der Waals surface area contributed by atoms with E-state index >= 15 is 0 Å². The van der Waals surface area contributed by atoms with Crippen molar-refractivity contribution in [1.82, 2.24) is 4.67 Å². The molecule has 0 aromatic heterocycles. The molecule has 0 fully saturated rings. The van der Waals surface area contributed by atoms with Crippen LogP contribution in [0.2, 0.25) is 0 Å². The van der Waals surface area contributed by atoms with Gasteiger partial charge in [-0.15, -0.1) is 0 Å². The molecule has 0 unspecified atom stereocenters. The summed E-state index contributed by atoms with van der Waals surface area (Å²) in [6, 6.07) is 22.5. The monoisotopic (exact) mass is 539 g/mol. The van der Waals surface area contributed by atoms with Crippen LogP contribution in [0.1, 0.15) is 38.8 Å². The normalized spacial score (nSPS) is 16.3. The number of halogens is 5. The fourth-order valence-electron chi connectivity index (χ4n) is 4.13. The third-order valence-corrected chi connectivity index (χ3v) is 9.48. The molecule has 0 bridgehead atoms. The van der Waals surface area contributed by atoms with Crippen molar-refractivity contribution in [2.75, 3.05) is 12.3 Å². The molecule has 1 aliphatic rings. The topological polar surface area (TPSA) is 3.24 Å². The molecule has 1 nitrogen and oxygen atoms in total. The first-order valence-corrected chi connectivity index (χ1v) is 20.0. The SMILES string of the molecule is CC(C)N(C(C)C)[P+]1(Cl)CC(c2ccccc2)=C(c2ccccc2)C1.[Cl][Al-]([Cl])([Cl])[Cl]. The summed E-state index contributed by atoms with van der Waals surface area (Å²) in [7, 11) is 17.0. The Balaban J connectivity index is 0.000000575. The Morgan fingerprint density at radius 1 is 0.700 bits per heavy atom. The van der Waals surface area contributed by atoms with Crippen LogP contribution in [0.3, 0.4) is 0 Å². The Bertz CT molecular complexity index is 772. The summed E-state index contributed by atoms with van der Waals surface area (Å²) in [6.07, 6.45) is 1.97. The maximum Gasteiger partial charge on any atom is 0.564 e. The summed E-state index contributed by atoms with van der Waals surface area (Å²) in [5, 5.41) is 0. The van der Waals surface area contributed by atoms with E-state index in [0.717, 1.165) is 12.3 Å². The van der Waals surface area contributed by atoms with Gasteiger partial charge in [-0.25, -0.2) is 0 Å². The molecule has 0 aliphatic carbocycles. The third kappa shape index (κ3) is 7.85. The molecule has 164 valence electrons. The summed E-state index contributed by atoms with van der Waals surface area (Å²) >= 11 is 7.41. The molecule has 0 spiro atoms. The molecule has 30 heavy (non-hydrogen) atoms. The molecule has 8 heteroatoms. The number of rotatable bonds is 5. The standard InChI is InChI=1S/C22H28ClNP.Al.4ClH/c1-17(2)24(18(3)4)25(23)15-21(19-11-7-5-8-12-19)22(16-25)20-13-9-6-10-14-20;;;;;/h5-14,17-18H,15-16H2,1-4H3;;4*1H/q+1;+3;;;;/p-4. The van der Waals surface area contributed by atoms with E-state index in [0.29, 0.717) is 12.1 Å². The van der Waals surface area contributed by atoms with Gasteiger partial charge in [0.25, 0.3) is 0 Å². The van der Waals surface area contributed by atoms with Gasteiger partial charge in [-0.1, -0.05) is 60.7 Å². The highest BCUT2D eigenvalue weighted by Gasteiger charge is 2.52. The van der Waals surface area contributed by atoms with E-state index in [4.69, 9.17) is 51.4 Å². The van der Waals surface area contributed by atoms with Crippen LogP contribution in [0.5, 0.6) is 0 Å². The van der Waals surface area contributed by atoms with E-state index in [1.165, 1.54) is 22.3 Å². The van der Waals surface area contributed by atoms with Gasteiger partial charge in [-0.2, -0.15) is 4.67 Å². The number of allylic oxidation sites excluding steroid dienone is 2. The van der Waals surface area contributed by atoms with E-state index in [9.17, 15) is 0 Å². The molecule has 0 saturated carbocycles. The first kappa shape index (κ1) is 26.8. The van der Waals surface area contributed by atoms with Crippen LogP contribution in [0.25, 0.3) is 11.1 Å². The molecule has 0 atom stereocenters. The fourth-order valence-corrected chi connectivity index (χ4v) is 9.70. The second-order valence-corrected chi connectivity index (χ2v) is 25.4. The molecule has 0 N–H and O–H groups in total. The summed E-state index contributed by atoms with van der Waals surface area (Å²) in [6.45, 7) is 7.33. The molecule has 1 heterocycles. The van der Waals surface area contributed by atoms with Crippen molar-refractivity contribution in [3.8, 4) is 0 Å². The van der Waals surface area contributed by atoms with Crippen LogP contribution < -0.4 is 0 Å². The van der Waals surface area contributed by atoms with Gasteiger partial charge in [0.2, 0.25) is 0 Å². The van der Waals surface area contributed by atoms with E-state index in [1.54, 1.807) is 0 Å². The molecule has 2 aromatic carbocycles. The Morgan fingerprint density at radius 2 is 1.00 bits per heavy atom. The predicted octanol–water partition coefficient (Wildman–Crippen LogP) is 9.19. The Labute approximate surface area is 206 Å². The average molecular weight is 542 g/mol. The molecular weight excluding hydrogens is 513 g/mol. The lowest BCUT2D eigenvalue weighted by molar-refractivity contribution is 0.321. The van der Waals surface area contributed by atoms with Crippen LogP contribution >= 0.6 is 58.2 Å². The Morgan fingerprint density at radius 3 is 1.27 bits per heavy atom. The maximum atomic E-state index is 7.41. The van der Waals surface area contributed by atoms with Crippen molar-refractivity contribution >= 4 is 78.7 Å². The molecule has 0 amide bonds. The molecule has 0 saturated heterocycles. The van der Waals surface area contributed by atoms with E-state index < -0.39 is 16.2 Å². The van der Waals surface area contributed by atoms with Gasteiger partial charge in [0.15, 0.2) is 6.77 Å². The van der Waals surface area contributed by atoms with E-state index in [1.807, 2.05) is 0 Å². The molecular formula is C22H28AlCl5NP. The van der Waals surface area contributed by atoms with Crippen LogP contribution in [0.4, 0.5) is 0 Å². The van der Waals surface area contributed by atoms with Crippen LogP contribution in [-0.4, -0.2) is 38.5 Å². The smallest absolute Gasteiger partial charge is 0.391 e. The van der Waals surface area contributed by atoms with Crippen molar-refractivity contribution in [2.45, 2.75) is 39.8 Å². The van der Waals surface area contributed by atoms with Crippen LogP contribution in [0, 0.1) is 0 Å².